The standard InChI is InChI=1S/C27H21N3.ClH/c28-27(29-25-18-8-12-20-10-4-6-16-23(20)25)30(22-14-2-1-3-15-22)26-19-9-13-21-11-5-7-17-24(21)26;/h1-19H,(H2,28,29);1H. The predicted molar refractivity (Wildman–Crippen MR) is 135 cm³/mol. The summed E-state index contributed by atoms with van der Waals surface area (Å²) in [6, 6.07) is 39.0. The molecule has 5 rings (SSSR count). The molecule has 31 heavy (non-hydrogen) atoms. The van der Waals surface area contributed by atoms with Crippen molar-refractivity contribution in [1.29, 1.82) is 0 Å². The average Bonchev–Trinajstić information content (AvgIpc) is 2.80. The molecule has 0 aromatic heterocycles. The van der Waals surface area contributed by atoms with Crippen molar-refractivity contribution in [3.05, 3.63) is 115 Å². The van der Waals surface area contributed by atoms with Crippen LogP contribution in [0.1, 0.15) is 0 Å². The van der Waals surface area contributed by atoms with Gasteiger partial charge in [-0.2, -0.15) is 0 Å². The van der Waals surface area contributed by atoms with Crippen molar-refractivity contribution in [3.63, 3.8) is 0 Å². The van der Waals surface area contributed by atoms with Crippen LogP contribution in [0.25, 0.3) is 21.5 Å². The molecule has 0 aliphatic carbocycles. The minimum absolute atomic E-state index is 0. The number of rotatable bonds is 3. The summed E-state index contributed by atoms with van der Waals surface area (Å²) in [6.45, 7) is 0. The third kappa shape index (κ3) is 3.96. The molecule has 0 aliphatic rings. The van der Waals surface area contributed by atoms with Gasteiger partial charge in [0, 0.05) is 16.5 Å². The maximum absolute atomic E-state index is 6.67. The molecule has 0 spiro atoms. The summed E-state index contributed by atoms with van der Waals surface area (Å²) in [5.41, 5.74) is 9.49. The van der Waals surface area contributed by atoms with E-state index in [1.807, 2.05) is 71.6 Å². The van der Waals surface area contributed by atoms with E-state index in [9.17, 15) is 0 Å². The number of fused-ring (bicyclic) bond motifs is 2. The van der Waals surface area contributed by atoms with Crippen LogP contribution in [0, 0.1) is 0 Å². The number of anilines is 2. The van der Waals surface area contributed by atoms with Gasteiger partial charge in [-0.3, -0.25) is 4.90 Å². The molecule has 152 valence electrons. The van der Waals surface area contributed by atoms with E-state index in [1.54, 1.807) is 0 Å². The van der Waals surface area contributed by atoms with E-state index in [4.69, 9.17) is 10.7 Å². The van der Waals surface area contributed by atoms with Crippen LogP contribution in [0.15, 0.2) is 120 Å². The first-order valence-corrected chi connectivity index (χ1v) is 9.96. The first-order valence-electron chi connectivity index (χ1n) is 9.96. The summed E-state index contributed by atoms with van der Waals surface area (Å²) in [7, 11) is 0. The normalized spacial score (nSPS) is 11.3. The zero-order valence-corrected chi connectivity index (χ0v) is 17.7. The van der Waals surface area contributed by atoms with Crippen LogP contribution in [-0.4, -0.2) is 5.96 Å². The van der Waals surface area contributed by atoms with E-state index in [2.05, 4.69) is 48.5 Å². The van der Waals surface area contributed by atoms with Crippen molar-refractivity contribution in [2.75, 3.05) is 4.90 Å². The summed E-state index contributed by atoms with van der Waals surface area (Å²) in [6.07, 6.45) is 0. The molecular formula is C27H22ClN3. The van der Waals surface area contributed by atoms with Crippen LogP contribution in [-0.2, 0) is 0 Å². The van der Waals surface area contributed by atoms with Gasteiger partial charge in [-0.25, -0.2) is 4.99 Å². The zero-order valence-electron chi connectivity index (χ0n) is 16.8. The molecule has 0 atom stereocenters. The molecule has 0 saturated heterocycles. The topological polar surface area (TPSA) is 41.6 Å². The highest BCUT2D eigenvalue weighted by atomic mass is 35.5. The second-order valence-electron chi connectivity index (χ2n) is 7.14. The van der Waals surface area contributed by atoms with Gasteiger partial charge < -0.3 is 5.73 Å². The molecule has 4 heteroatoms. The van der Waals surface area contributed by atoms with Gasteiger partial charge in [-0.1, -0.05) is 91.0 Å². The van der Waals surface area contributed by atoms with Gasteiger partial charge in [-0.05, 0) is 35.0 Å². The third-order valence-electron chi connectivity index (χ3n) is 5.25. The molecule has 0 amide bonds. The fourth-order valence-electron chi connectivity index (χ4n) is 3.85. The highest BCUT2D eigenvalue weighted by Gasteiger charge is 2.16. The lowest BCUT2D eigenvalue weighted by atomic mass is 10.1. The first-order chi connectivity index (χ1) is 14.8. The number of halogens is 1. The van der Waals surface area contributed by atoms with E-state index in [-0.39, 0.29) is 12.4 Å². The van der Waals surface area contributed by atoms with Crippen molar-refractivity contribution in [2.45, 2.75) is 0 Å². The molecule has 0 heterocycles. The number of para-hydroxylation sites is 1. The highest BCUT2D eigenvalue weighted by Crippen LogP contribution is 2.33. The van der Waals surface area contributed by atoms with Crippen molar-refractivity contribution < 1.29 is 0 Å². The minimum Gasteiger partial charge on any atom is -0.369 e. The largest absolute Gasteiger partial charge is 0.369 e. The lowest BCUT2D eigenvalue weighted by Gasteiger charge is -2.25. The number of nitrogens with zero attached hydrogens (tertiary/aromatic N) is 2. The SMILES string of the molecule is Cl.NC(=Nc1cccc2ccccc12)N(c1ccccc1)c1cccc2ccccc12. The smallest absolute Gasteiger partial charge is 0.205 e. The number of nitrogens with two attached hydrogens (primary N) is 1. The fourth-order valence-corrected chi connectivity index (χ4v) is 3.85. The van der Waals surface area contributed by atoms with Crippen LogP contribution >= 0.6 is 12.4 Å². The summed E-state index contributed by atoms with van der Waals surface area (Å²) >= 11 is 0. The fraction of sp³-hybridized carbons (Fsp3) is 0. The zero-order chi connectivity index (χ0) is 20.3. The van der Waals surface area contributed by atoms with Crippen molar-refractivity contribution in [1.82, 2.24) is 0 Å². The number of guanidine groups is 1. The quantitative estimate of drug-likeness (QED) is 0.246. The Morgan fingerprint density at radius 2 is 1.13 bits per heavy atom. The van der Waals surface area contributed by atoms with E-state index in [1.165, 1.54) is 0 Å². The maximum atomic E-state index is 6.67. The van der Waals surface area contributed by atoms with E-state index >= 15 is 0 Å². The summed E-state index contributed by atoms with van der Waals surface area (Å²) in [5, 5.41) is 4.51. The monoisotopic (exact) mass is 423 g/mol. The van der Waals surface area contributed by atoms with Gasteiger partial charge in [0.25, 0.3) is 0 Å². The van der Waals surface area contributed by atoms with Crippen LogP contribution in [0.5, 0.6) is 0 Å². The van der Waals surface area contributed by atoms with Crippen molar-refractivity contribution >= 4 is 57.0 Å². The molecule has 0 unspecified atom stereocenters. The van der Waals surface area contributed by atoms with Crippen molar-refractivity contribution in [2.24, 2.45) is 10.7 Å². The summed E-state index contributed by atoms with van der Waals surface area (Å²) in [5.74, 6) is 0.425. The van der Waals surface area contributed by atoms with Crippen LogP contribution in [0.2, 0.25) is 0 Å². The van der Waals surface area contributed by atoms with E-state index in [0.717, 1.165) is 38.6 Å². The average molecular weight is 424 g/mol. The van der Waals surface area contributed by atoms with Gasteiger partial charge in [0.2, 0.25) is 5.96 Å². The predicted octanol–water partition coefficient (Wildman–Crippen LogP) is 7.20. The number of benzene rings is 5. The van der Waals surface area contributed by atoms with Crippen LogP contribution < -0.4 is 10.6 Å². The third-order valence-corrected chi connectivity index (χ3v) is 5.25. The Bertz CT molecular complexity index is 1350. The van der Waals surface area contributed by atoms with E-state index < -0.39 is 0 Å². The molecule has 5 aromatic carbocycles. The van der Waals surface area contributed by atoms with Crippen LogP contribution in [0.4, 0.5) is 17.1 Å². The lowest BCUT2D eigenvalue weighted by molar-refractivity contribution is 1.30. The molecule has 0 aliphatic heterocycles. The van der Waals surface area contributed by atoms with Gasteiger partial charge in [0.1, 0.15) is 0 Å². The van der Waals surface area contributed by atoms with Gasteiger partial charge in [-0.15, -0.1) is 12.4 Å². The molecule has 0 saturated carbocycles. The Labute approximate surface area is 187 Å². The number of aliphatic imine (C=N–C) groups is 1. The molecule has 0 bridgehead atoms. The van der Waals surface area contributed by atoms with Gasteiger partial charge in [0.15, 0.2) is 0 Å². The second kappa shape index (κ2) is 8.90. The first kappa shape index (κ1) is 20.5. The maximum Gasteiger partial charge on any atom is 0.205 e. The highest BCUT2D eigenvalue weighted by molar-refractivity contribution is 6.10. The Morgan fingerprint density at radius 1 is 0.581 bits per heavy atom. The van der Waals surface area contributed by atoms with Crippen LogP contribution in [0.3, 0.4) is 0 Å². The van der Waals surface area contributed by atoms with Gasteiger partial charge in [0.05, 0.1) is 11.4 Å². The molecule has 3 nitrogen and oxygen atoms in total. The van der Waals surface area contributed by atoms with Crippen molar-refractivity contribution in [3.8, 4) is 0 Å². The molecule has 0 radical (unpaired) electrons. The Kier molecular flexibility index (Phi) is 5.87. The van der Waals surface area contributed by atoms with E-state index in [0.29, 0.717) is 5.96 Å². The molecule has 0 fully saturated rings. The summed E-state index contributed by atoms with van der Waals surface area (Å²) in [4.78, 5) is 6.89. The number of hydrogen-bond donors (Lipinski definition) is 1. The summed E-state index contributed by atoms with van der Waals surface area (Å²) < 4.78 is 0. The minimum atomic E-state index is 0. The number of hydrogen-bond acceptors (Lipinski definition) is 1. The van der Waals surface area contributed by atoms with Gasteiger partial charge >= 0.3 is 0 Å². The Hall–Kier alpha value is -3.82. The molecular weight excluding hydrogens is 402 g/mol. The Balaban J connectivity index is 0.00000231. The molecule has 5 aromatic rings. The lowest BCUT2D eigenvalue weighted by Crippen LogP contribution is -2.33. The second-order valence-corrected chi connectivity index (χ2v) is 7.14. The molecule has 2 N–H and O–H groups in total. The Morgan fingerprint density at radius 3 is 1.87 bits per heavy atom.